The number of hydrogen-bond acceptors (Lipinski definition) is 3. The van der Waals surface area contributed by atoms with E-state index in [2.05, 4.69) is 53.6 Å². The van der Waals surface area contributed by atoms with Gasteiger partial charge in [0.05, 0.1) is 19.8 Å². The number of guanidine groups is 1. The van der Waals surface area contributed by atoms with Crippen molar-refractivity contribution in [2.24, 2.45) is 12.0 Å². The smallest absolute Gasteiger partial charge is 0.191 e. The van der Waals surface area contributed by atoms with Crippen LogP contribution < -0.4 is 10.6 Å². The van der Waals surface area contributed by atoms with Crippen LogP contribution in [-0.4, -0.2) is 60.4 Å². The summed E-state index contributed by atoms with van der Waals surface area (Å²) >= 11 is 0. The molecule has 1 aromatic heterocycles. The number of aromatic nitrogens is 1. The number of nitrogens with one attached hydrogen (secondary N) is 2. The van der Waals surface area contributed by atoms with Crippen molar-refractivity contribution in [3.63, 3.8) is 0 Å². The molecule has 0 spiro atoms. The van der Waals surface area contributed by atoms with E-state index in [1.165, 1.54) is 5.56 Å². The Bertz CT molecular complexity index is 503. The SMILES string of the molecule is CCNC(=NCc1ccn(C)c1)NCC(C)(C)N1CCOCC1. The van der Waals surface area contributed by atoms with Crippen LogP contribution in [0.2, 0.25) is 0 Å². The van der Waals surface area contributed by atoms with Crippen LogP contribution >= 0.6 is 0 Å². The number of nitrogens with zero attached hydrogens (tertiary/aromatic N) is 3. The Morgan fingerprint density at radius 2 is 2.04 bits per heavy atom. The van der Waals surface area contributed by atoms with Gasteiger partial charge in [-0.1, -0.05) is 0 Å². The van der Waals surface area contributed by atoms with Gasteiger partial charge in [0.1, 0.15) is 0 Å². The highest BCUT2D eigenvalue weighted by molar-refractivity contribution is 5.79. The number of aryl methyl sites for hydroxylation is 1. The summed E-state index contributed by atoms with van der Waals surface area (Å²) in [6.07, 6.45) is 4.15. The molecule has 6 nitrogen and oxygen atoms in total. The lowest BCUT2D eigenvalue weighted by molar-refractivity contribution is -0.00834. The summed E-state index contributed by atoms with van der Waals surface area (Å²) in [5, 5.41) is 6.81. The van der Waals surface area contributed by atoms with Crippen molar-refractivity contribution in [1.29, 1.82) is 0 Å². The maximum absolute atomic E-state index is 5.45. The Morgan fingerprint density at radius 3 is 2.65 bits per heavy atom. The van der Waals surface area contributed by atoms with Crippen LogP contribution in [0.5, 0.6) is 0 Å². The summed E-state index contributed by atoms with van der Waals surface area (Å²) in [7, 11) is 2.03. The van der Waals surface area contributed by atoms with Gasteiger partial charge < -0.3 is 19.9 Å². The lowest BCUT2D eigenvalue weighted by Crippen LogP contribution is -2.56. The second-order valence-corrected chi connectivity index (χ2v) is 6.65. The first-order chi connectivity index (χ1) is 11.0. The summed E-state index contributed by atoms with van der Waals surface area (Å²) in [6, 6.07) is 2.10. The van der Waals surface area contributed by atoms with Gasteiger partial charge >= 0.3 is 0 Å². The molecule has 2 heterocycles. The van der Waals surface area contributed by atoms with Gasteiger partial charge in [0.2, 0.25) is 0 Å². The van der Waals surface area contributed by atoms with Crippen molar-refractivity contribution in [2.45, 2.75) is 32.9 Å². The molecule has 130 valence electrons. The van der Waals surface area contributed by atoms with Gasteiger partial charge in [0.25, 0.3) is 0 Å². The molecule has 2 N–H and O–H groups in total. The maximum atomic E-state index is 5.45. The minimum absolute atomic E-state index is 0.0761. The molecule has 6 heteroatoms. The largest absolute Gasteiger partial charge is 0.379 e. The fourth-order valence-electron chi connectivity index (χ4n) is 2.75. The molecule has 0 bridgehead atoms. The number of morpholine rings is 1. The molecular formula is C17H31N5O. The molecule has 1 aliphatic heterocycles. The fraction of sp³-hybridized carbons (Fsp3) is 0.706. The fourth-order valence-corrected chi connectivity index (χ4v) is 2.75. The summed E-state index contributed by atoms with van der Waals surface area (Å²) in [4.78, 5) is 7.16. The van der Waals surface area contributed by atoms with Crippen LogP contribution in [0.15, 0.2) is 23.5 Å². The summed E-state index contributed by atoms with van der Waals surface area (Å²) in [6.45, 7) is 12.7. The molecular weight excluding hydrogens is 290 g/mol. The predicted octanol–water partition coefficient (Wildman–Crippen LogP) is 1.19. The molecule has 0 radical (unpaired) electrons. The molecule has 2 rings (SSSR count). The van der Waals surface area contributed by atoms with E-state index in [0.717, 1.165) is 45.4 Å². The topological polar surface area (TPSA) is 53.8 Å². The highest BCUT2D eigenvalue weighted by Gasteiger charge is 2.28. The second-order valence-electron chi connectivity index (χ2n) is 6.65. The first-order valence-corrected chi connectivity index (χ1v) is 8.47. The van der Waals surface area contributed by atoms with E-state index in [1.54, 1.807) is 0 Å². The molecule has 0 aromatic carbocycles. The molecule has 0 unspecified atom stereocenters. The molecule has 23 heavy (non-hydrogen) atoms. The van der Waals surface area contributed by atoms with Gasteiger partial charge in [-0.15, -0.1) is 0 Å². The van der Waals surface area contributed by atoms with E-state index >= 15 is 0 Å². The monoisotopic (exact) mass is 321 g/mol. The second kappa shape index (κ2) is 8.36. The van der Waals surface area contributed by atoms with Crippen molar-refractivity contribution in [2.75, 3.05) is 39.4 Å². The van der Waals surface area contributed by atoms with Crippen molar-refractivity contribution >= 4 is 5.96 Å². The Kier molecular flexibility index (Phi) is 6.47. The third kappa shape index (κ3) is 5.55. The Labute approximate surface area is 139 Å². The average molecular weight is 321 g/mol. The zero-order valence-electron chi connectivity index (χ0n) is 14.9. The third-order valence-electron chi connectivity index (χ3n) is 4.21. The number of ether oxygens (including phenoxy) is 1. The van der Waals surface area contributed by atoms with Crippen LogP contribution in [0.25, 0.3) is 0 Å². The van der Waals surface area contributed by atoms with Crippen molar-refractivity contribution < 1.29 is 4.74 Å². The molecule has 0 saturated carbocycles. The minimum Gasteiger partial charge on any atom is -0.379 e. The lowest BCUT2D eigenvalue weighted by Gasteiger charge is -2.41. The standard InChI is InChI=1S/C17H31N5O/c1-5-18-16(19-12-15-6-7-21(4)13-15)20-14-17(2,3)22-8-10-23-11-9-22/h6-7,13H,5,8-12,14H2,1-4H3,(H2,18,19,20). The van der Waals surface area contributed by atoms with Crippen LogP contribution in [0.3, 0.4) is 0 Å². The van der Waals surface area contributed by atoms with Crippen LogP contribution in [0.1, 0.15) is 26.3 Å². The highest BCUT2D eigenvalue weighted by Crippen LogP contribution is 2.15. The Hall–Kier alpha value is -1.53. The Balaban J connectivity index is 1.90. The van der Waals surface area contributed by atoms with E-state index in [4.69, 9.17) is 4.74 Å². The summed E-state index contributed by atoms with van der Waals surface area (Å²) in [5.41, 5.74) is 1.30. The number of hydrogen-bond donors (Lipinski definition) is 2. The van der Waals surface area contributed by atoms with E-state index < -0.39 is 0 Å². The summed E-state index contributed by atoms with van der Waals surface area (Å²) in [5.74, 6) is 0.873. The molecule has 1 aromatic rings. The first kappa shape index (κ1) is 17.8. The molecule has 0 aliphatic carbocycles. The summed E-state index contributed by atoms with van der Waals surface area (Å²) < 4.78 is 7.50. The van der Waals surface area contributed by atoms with Crippen LogP contribution in [0.4, 0.5) is 0 Å². The van der Waals surface area contributed by atoms with Crippen molar-refractivity contribution in [3.8, 4) is 0 Å². The Morgan fingerprint density at radius 1 is 1.30 bits per heavy atom. The molecule has 1 fully saturated rings. The van der Waals surface area contributed by atoms with E-state index in [9.17, 15) is 0 Å². The third-order valence-corrected chi connectivity index (χ3v) is 4.21. The molecule has 0 amide bonds. The quantitative estimate of drug-likeness (QED) is 0.610. The number of aliphatic imine (C=N–C) groups is 1. The van der Waals surface area contributed by atoms with E-state index in [0.29, 0.717) is 6.54 Å². The number of rotatable bonds is 6. The molecule has 0 atom stereocenters. The first-order valence-electron chi connectivity index (χ1n) is 8.47. The van der Waals surface area contributed by atoms with Crippen molar-refractivity contribution in [3.05, 3.63) is 24.0 Å². The van der Waals surface area contributed by atoms with E-state index in [1.807, 2.05) is 17.8 Å². The lowest BCUT2D eigenvalue weighted by atomic mass is 10.0. The maximum Gasteiger partial charge on any atom is 0.191 e. The molecule has 1 aliphatic rings. The van der Waals surface area contributed by atoms with Gasteiger partial charge in [-0.3, -0.25) is 4.90 Å². The zero-order valence-corrected chi connectivity index (χ0v) is 14.9. The minimum atomic E-state index is 0.0761. The van der Waals surface area contributed by atoms with Gasteiger partial charge in [-0.2, -0.15) is 0 Å². The van der Waals surface area contributed by atoms with E-state index in [-0.39, 0.29) is 5.54 Å². The predicted molar refractivity (Wildman–Crippen MR) is 94.7 cm³/mol. The van der Waals surface area contributed by atoms with Gasteiger partial charge in [0.15, 0.2) is 5.96 Å². The van der Waals surface area contributed by atoms with Gasteiger partial charge in [0, 0.05) is 51.2 Å². The molecule has 1 saturated heterocycles. The van der Waals surface area contributed by atoms with Crippen LogP contribution in [-0.2, 0) is 18.3 Å². The average Bonchev–Trinajstić information content (AvgIpc) is 2.96. The zero-order chi connectivity index (χ0) is 16.7. The highest BCUT2D eigenvalue weighted by atomic mass is 16.5. The van der Waals surface area contributed by atoms with Gasteiger partial charge in [-0.05, 0) is 32.4 Å². The van der Waals surface area contributed by atoms with Crippen LogP contribution in [0, 0.1) is 0 Å². The van der Waals surface area contributed by atoms with Gasteiger partial charge in [-0.25, -0.2) is 4.99 Å². The van der Waals surface area contributed by atoms with Crippen molar-refractivity contribution in [1.82, 2.24) is 20.1 Å². The normalized spacial score (nSPS) is 17.3.